The molecule has 4 nitrogen and oxygen atoms in total. The van der Waals surface area contributed by atoms with Gasteiger partial charge >= 0.3 is 6.03 Å². The van der Waals surface area contributed by atoms with E-state index in [9.17, 15) is 4.79 Å². The average molecular weight is 242 g/mol. The SMILES string of the molecule is CNC(=O)[N+]1(C)CCOc2ccc(Cl)cc21. The van der Waals surface area contributed by atoms with Gasteiger partial charge in [-0.3, -0.25) is 0 Å². The number of rotatable bonds is 0. The maximum absolute atomic E-state index is 11.9. The van der Waals surface area contributed by atoms with E-state index in [1.54, 1.807) is 25.2 Å². The van der Waals surface area contributed by atoms with Crippen molar-refractivity contribution in [2.75, 3.05) is 27.2 Å². The van der Waals surface area contributed by atoms with Crippen molar-refractivity contribution in [1.29, 1.82) is 0 Å². The molecule has 2 rings (SSSR count). The Balaban J connectivity index is 2.54. The van der Waals surface area contributed by atoms with Gasteiger partial charge in [0.2, 0.25) is 0 Å². The summed E-state index contributed by atoms with van der Waals surface area (Å²) in [6.45, 7) is 1.13. The largest absolute Gasteiger partial charge is 0.481 e. The molecule has 0 saturated carbocycles. The lowest BCUT2D eigenvalue weighted by molar-refractivity contribution is 0.182. The first-order valence-corrected chi connectivity index (χ1v) is 5.46. The minimum Gasteiger partial charge on any atom is -0.481 e. The van der Waals surface area contributed by atoms with Gasteiger partial charge in [0, 0.05) is 18.1 Å². The van der Waals surface area contributed by atoms with Crippen LogP contribution in [0.25, 0.3) is 0 Å². The Hall–Kier alpha value is -1.26. The number of amides is 2. The molecular weight excluding hydrogens is 228 g/mol. The number of likely N-dealkylation sites (N-methyl/N-ethyl adjacent to an activating group) is 1. The number of benzene rings is 1. The van der Waals surface area contributed by atoms with Gasteiger partial charge in [-0.15, -0.1) is 0 Å². The standard InChI is InChI=1S/C11H13ClN2O2/c1-13-11(15)14(2)5-6-16-10-4-3-8(12)7-9(10)14/h3-4,7H,5-6H2,1-2H3/p+1. The molecular formula is C11H14ClN2O2+. The van der Waals surface area contributed by atoms with E-state index in [0.29, 0.717) is 18.2 Å². The van der Waals surface area contributed by atoms with E-state index in [-0.39, 0.29) is 10.5 Å². The second kappa shape index (κ2) is 3.96. The number of ether oxygens (including phenoxy) is 1. The first-order valence-electron chi connectivity index (χ1n) is 5.08. The van der Waals surface area contributed by atoms with E-state index < -0.39 is 0 Å². The van der Waals surface area contributed by atoms with Crippen LogP contribution in [0.5, 0.6) is 5.75 Å². The molecule has 1 aliphatic rings. The van der Waals surface area contributed by atoms with Crippen LogP contribution in [0.1, 0.15) is 0 Å². The third kappa shape index (κ3) is 1.64. The Morgan fingerprint density at radius 1 is 1.56 bits per heavy atom. The Bertz CT molecular complexity index is 436. The maximum atomic E-state index is 11.9. The molecule has 0 spiro atoms. The molecule has 0 fully saturated rings. The van der Waals surface area contributed by atoms with Crippen molar-refractivity contribution in [3.8, 4) is 5.75 Å². The molecule has 1 aromatic rings. The fraction of sp³-hybridized carbons (Fsp3) is 0.364. The van der Waals surface area contributed by atoms with E-state index >= 15 is 0 Å². The van der Waals surface area contributed by atoms with Crippen molar-refractivity contribution in [2.45, 2.75) is 0 Å². The molecule has 1 aliphatic heterocycles. The number of carbonyl (C=O) groups excluding carboxylic acids is 1. The predicted octanol–water partition coefficient (Wildman–Crippen LogP) is 2.01. The van der Waals surface area contributed by atoms with Crippen molar-refractivity contribution in [2.24, 2.45) is 0 Å². The van der Waals surface area contributed by atoms with Crippen LogP contribution in [0, 0.1) is 0 Å². The van der Waals surface area contributed by atoms with Gasteiger partial charge in [0.05, 0.1) is 7.05 Å². The molecule has 0 saturated heterocycles. The van der Waals surface area contributed by atoms with Crippen LogP contribution in [0.15, 0.2) is 18.2 Å². The monoisotopic (exact) mass is 241 g/mol. The van der Waals surface area contributed by atoms with Crippen LogP contribution in [0.4, 0.5) is 10.5 Å². The number of quaternary nitrogens is 1. The van der Waals surface area contributed by atoms with E-state index in [1.807, 2.05) is 7.05 Å². The fourth-order valence-corrected chi connectivity index (χ4v) is 2.08. The summed E-state index contributed by atoms with van der Waals surface area (Å²) in [4.78, 5) is 11.9. The maximum Gasteiger partial charge on any atom is 0.421 e. The molecule has 1 unspecified atom stereocenters. The summed E-state index contributed by atoms with van der Waals surface area (Å²) in [6, 6.07) is 5.29. The molecule has 0 aromatic heterocycles. The molecule has 1 heterocycles. The lowest BCUT2D eigenvalue weighted by Crippen LogP contribution is -2.58. The number of fused-ring (bicyclic) bond motifs is 1. The highest BCUT2D eigenvalue weighted by atomic mass is 35.5. The molecule has 86 valence electrons. The molecule has 1 aromatic carbocycles. The normalized spacial score (nSPS) is 23.2. The van der Waals surface area contributed by atoms with Gasteiger partial charge < -0.3 is 10.1 Å². The quantitative estimate of drug-likeness (QED) is 0.706. The van der Waals surface area contributed by atoms with Gasteiger partial charge in [-0.1, -0.05) is 11.6 Å². The Labute approximate surface area is 99.3 Å². The highest BCUT2D eigenvalue weighted by Crippen LogP contribution is 2.37. The second-order valence-electron chi connectivity index (χ2n) is 3.93. The van der Waals surface area contributed by atoms with Gasteiger partial charge in [0.15, 0.2) is 11.4 Å². The zero-order chi connectivity index (χ0) is 11.8. The first-order chi connectivity index (χ1) is 7.58. The summed E-state index contributed by atoms with van der Waals surface area (Å²) in [6.07, 6.45) is 0. The first kappa shape index (κ1) is 11.2. The summed E-state index contributed by atoms with van der Waals surface area (Å²) < 4.78 is 5.69. The van der Waals surface area contributed by atoms with Gasteiger partial charge in [0.1, 0.15) is 13.2 Å². The third-order valence-electron chi connectivity index (χ3n) is 2.91. The van der Waals surface area contributed by atoms with Gasteiger partial charge in [-0.25, -0.2) is 9.28 Å². The average Bonchev–Trinajstić information content (AvgIpc) is 2.29. The third-order valence-corrected chi connectivity index (χ3v) is 3.15. The zero-order valence-corrected chi connectivity index (χ0v) is 10.0. The summed E-state index contributed by atoms with van der Waals surface area (Å²) in [5.41, 5.74) is 0.804. The number of carbonyl (C=O) groups is 1. The van der Waals surface area contributed by atoms with Crippen molar-refractivity contribution < 1.29 is 9.53 Å². The van der Waals surface area contributed by atoms with Gasteiger partial charge in [-0.2, -0.15) is 0 Å². The van der Waals surface area contributed by atoms with E-state index in [2.05, 4.69) is 5.32 Å². The number of nitrogens with zero attached hydrogens (tertiary/aromatic N) is 1. The van der Waals surface area contributed by atoms with Gasteiger partial charge in [0.25, 0.3) is 0 Å². The number of hydrogen-bond donors (Lipinski definition) is 1. The van der Waals surface area contributed by atoms with Crippen LogP contribution in [0.3, 0.4) is 0 Å². The van der Waals surface area contributed by atoms with Crippen LogP contribution >= 0.6 is 11.6 Å². The topological polar surface area (TPSA) is 38.3 Å². The second-order valence-corrected chi connectivity index (χ2v) is 4.37. The summed E-state index contributed by atoms with van der Waals surface area (Å²) in [7, 11) is 3.49. The number of nitrogens with one attached hydrogen (secondary N) is 1. The summed E-state index contributed by atoms with van der Waals surface area (Å²) >= 11 is 5.95. The number of hydrogen-bond acceptors (Lipinski definition) is 2. The lowest BCUT2D eigenvalue weighted by Gasteiger charge is -2.34. The fourth-order valence-electron chi connectivity index (χ4n) is 1.91. The van der Waals surface area contributed by atoms with Crippen LogP contribution < -0.4 is 14.5 Å². The molecule has 0 radical (unpaired) electrons. The molecule has 1 N–H and O–H groups in total. The molecule has 0 aliphatic carbocycles. The van der Waals surface area contributed by atoms with Crippen LogP contribution in [-0.4, -0.2) is 33.3 Å². The Kier molecular flexibility index (Phi) is 2.78. The van der Waals surface area contributed by atoms with E-state index in [0.717, 1.165) is 11.4 Å². The number of halogens is 1. The predicted molar refractivity (Wildman–Crippen MR) is 64.0 cm³/mol. The highest BCUT2D eigenvalue weighted by Gasteiger charge is 2.39. The number of urea groups is 1. The van der Waals surface area contributed by atoms with Crippen molar-refractivity contribution in [1.82, 2.24) is 9.80 Å². The minimum atomic E-state index is -0.0631. The van der Waals surface area contributed by atoms with Crippen LogP contribution in [0.2, 0.25) is 5.02 Å². The van der Waals surface area contributed by atoms with E-state index in [4.69, 9.17) is 16.3 Å². The van der Waals surface area contributed by atoms with Gasteiger partial charge in [-0.05, 0) is 12.1 Å². The Morgan fingerprint density at radius 3 is 3.00 bits per heavy atom. The molecule has 5 heteroatoms. The zero-order valence-electron chi connectivity index (χ0n) is 9.29. The van der Waals surface area contributed by atoms with Crippen molar-refractivity contribution in [3.05, 3.63) is 23.2 Å². The molecule has 2 amide bonds. The summed E-state index contributed by atoms with van der Waals surface area (Å²) in [5, 5.41) is 3.28. The summed E-state index contributed by atoms with van der Waals surface area (Å²) in [5.74, 6) is 0.724. The van der Waals surface area contributed by atoms with Crippen LogP contribution in [-0.2, 0) is 0 Å². The van der Waals surface area contributed by atoms with Crippen molar-refractivity contribution in [3.63, 3.8) is 0 Å². The minimum absolute atomic E-state index is 0.0631. The lowest BCUT2D eigenvalue weighted by atomic mass is 10.2. The highest BCUT2D eigenvalue weighted by molar-refractivity contribution is 6.31. The van der Waals surface area contributed by atoms with Crippen molar-refractivity contribution >= 4 is 23.3 Å². The molecule has 0 bridgehead atoms. The van der Waals surface area contributed by atoms with E-state index in [1.165, 1.54) is 0 Å². The molecule has 1 atom stereocenters. The smallest absolute Gasteiger partial charge is 0.421 e. The molecule has 16 heavy (non-hydrogen) atoms. The Morgan fingerprint density at radius 2 is 2.31 bits per heavy atom.